The quantitative estimate of drug-likeness (QED) is 0.729. The molecular formula is C22H26N2O4S. The van der Waals surface area contributed by atoms with Crippen LogP contribution in [0.5, 0.6) is 5.75 Å². The van der Waals surface area contributed by atoms with Gasteiger partial charge in [-0.2, -0.15) is 4.31 Å². The predicted octanol–water partition coefficient (Wildman–Crippen LogP) is 3.00. The normalized spacial score (nSPS) is 16.8. The Balaban J connectivity index is 1.52. The topological polar surface area (TPSA) is 66.9 Å². The van der Waals surface area contributed by atoms with E-state index >= 15 is 0 Å². The lowest BCUT2D eigenvalue weighted by Crippen LogP contribution is -2.29. The molecule has 0 radical (unpaired) electrons. The van der Waals surface area contributed by atoms with Gasteiger partial charge in [0.2, 0.25) is 15.9 Å². The number of para-hydroxylation sites is 1. The van der Waals surface area contributed by atoms with E-state index in [2.05, 4.69) is 6.07 Å². The molecule has 1 fully saturated rings. The minimum Gasteiger partial charge on any atom is -0.496 e. The largest absolute Gasteiger partial charge is 0.496 e. The van der Waals surface area contributed by atoms with Gasteiger partial charge < -0.3 is 9.64 Å². The number of amides is 1. The summed E-state index contributed by atoms with van der Waals surface area (Å²) >= 11 is 0. The van der Waals surface area contributed by atoms with E-state index < -0.39 is 10.0 Å². The molecule has 29 heavy (non-hydrogen) atoms. The van der Waals surface area contributed by atoms with Crippen molar-refractivity contribution in [3.05, 3.63) is 53.6 Å². The monoisotopic (exact) mass is 414 g/mol. The summed E-state index contributed by atoms with van der Waals surface area (Å²) in [4.78, 5) is 14.9. The van der Waals surface area contributed by atoms with Crippen LogP contribution in [0, 0.1) is 0 Å². The molecule has 0 saturated carbocycles. The van der Waals surface area contributed by atoms with Crippen LogP contribution < -0.4 is 9.64 Å². The number of benzene rings is 2. The third-order valence-electron chi connectivity index (χ3n) is 5.75. The van der Waals surface area contributed by atoms with Crippen molar-refractivity contribution >= 4 is 21.6 Å². The zero-order chi connectivity index (χ0) is 20.4. The van der Waals surface area contributed by atoms with Crippen molar-refractivity contribution in [1.82, 2.24) is 4.31 Å². The van der Waals surface area contributed by atoms with Gasteiger partial charge >= 0.3 is 0 Å². The van der Waals surface area contributed by atoms with Crippen molar-refractivity contribution in [1.29, 1.82) is 0 Å². The average molecular weight is 415 g/mol. The fourth-order valence-electron chi connectivity index (χ4n) is 4.16. The number of aryl methyl sites for hydroxylation is 1. The van der Waals surface area contributed by atoms with Gasteiger partial charge in [-0.25, -0.2) is 8.42 Å². The first-order valence-electron chi connectivity index (χ1n) is 10.1. The van der Waals surface area contributed by atoms with Gasteiger partial charge in [-0.3, -0.25) is 4.79 Å². The number of sulfonamides is 1. The Morgan fingerprint density at radius 1 is 1.07 bits per heavy atom. The molecule has 2 heterocycles. The Morgan fingerprint density at radius 3 is 2.59 bits per heavy atom. The molecule has 2 aromatic rings. The van der Waals surface area contributed by atoms with E-state index in [1.54, 1.807) is 25.3 Å². The molecule has 0 atom stereocenters. The summed E-state index contributed by atoms with van der Waals surface area (Å²) in [6.07, 6.45) is 3.40. The number of hydrogen-bond acceptors (Lipinski definition) is 4. The first-order chi connectivity index (χ1) is 14.0. The Bertz CT molecular complexity index is 1010. The summed E-state index contributed by atoms with van der Waals surface area (Å²) in [6.45, 7) is 1.83. The number of hydrogen-bond donors (Lipinski definition) is 0. The van der Waals surface area contributed by atoms with Gasteiger partial charge in [-0.1, -0.05) is 18.2 Å². The van der Waals surface area contributed by atoms with Crippen LogP contribution in [0.15, 0.2) is 47.4 Å². The van der Waals surface area contributed by atoms with Crippen LogP contribution in [0.1, 0.15) is 30.4 Å². The van der Waals surface area contributed by atoms with E-state index in [4.69, 9.17) is 4.74 Å². The number of fused-ring (bicyclic) bond motifs is 1. The minimum atomic E-state index is -3.50. The van der Waals surface area contributed by atoms with Crippen molar-refractivity contribution in [3.8, 4) is 5.75 Å². The predicted molar refractivity (Wildman–Crippen MR) is 112 cm³/mol. The summed E-state index contributed by atoms with van der Waals surface area (Å²) in [5.41, 5.74) is 2.92. The lowest BCUT2D eigenvalue weighted by atomic mass is 10.1. The maximum absolute atomic E-state index is 12.9. The third-order valence-corrected chi connectivity index (χ3v) is 7.65. The summed E-state index contributed by atoms with van der Waals surface area (Å²) < 4.78 is 32.7. The van der Waals surface area contributed by atoms with Crippen LogP contribution in [0.2, 0.25) is 0 Å². The molecule has 7 heteroatoms. The van der Waals surface area contributed by atoms with Gasteiger partial charge in [0.25, 0.3) is 0 Å². The van der Waals surface area contributed by atoms with E-state index in [1.165, 1.54) is 9.87 Å². The van der Waals surface area contributed by atoms with E-state index in [-0.39, 0.29) is 10.8 Å². The Morgan fingerprint density at radius 2 is 1.83 bits per heavy atom. The zero-order valence-electron chi connectivity index (χ0n) is 16.6. The van der Waals surface area contributed by atoms with Crippen molar-refractivity contribution in [3.63, 3.8) is 0 Å². The second-order valence-corrected chi connectivity index (χ2v) is 9.45. The SMILES string of the molecule is COc1ccc(S(=O)(=O)N2CCCC2)cc1CCC(=O)N1CCc2ccccc21. The van der Waals surface area contributed by atoms with Crippen LogP contribution in [0.25, 0.3) is 0 Å². The Labute approximate surface area is 172 Å². The number of carbonyl (C=O) groups excluding carboxylic acids is 1. The molecule has 154 valence electrons. The second-order valence-electron chi connectivity index (χ2n) is 7.51. The van der Waals surface area contributed by atoms with Crippen molar-refractivity contribution < 1.29 is 17.9 Å². The van der Waals surface area contributed by atoms with E-state index in [9.17, 15) is 13.2 Å². The van der Waals surface area contributed by atoms with Crippen LogP contribution in [0.4, 0.5) is 5.69 Å². The highest BCUT2D eigenvalue weighted by molar-refractivity contribution is 7.89. The highest BCUT2D eigenvalue weighted by Crippen LogP contribution is 2.30. The molecule has 0 aliphatic carbocycles. The van der Waals surface area contributed by atoms with E-state index in [0.717, 1.165) is 30.5 Å². The molecule has 4 rings (SSSR count). The minimum absolute atomic E-state index is 0.0461. The summed E-state index contributed by atoms with van der Waals surface area (Å²) in [6, 6.07) is 12.9. The summed E-state index contributed by atoms with van der Waals surface area (Å²) in [7, 11) is -1.94. The third kappa shape index (κ3) is 3.89. The van der Waals surface area contributed by atoms with Gasteiger partial charge in [-0.05, 0) is 61.1 Å². The molecule has 0 aromatic heterocycles. The van der Waals surface area contributed by atoms with Crippen LogP contribution >= 0.6 is 0 Å². The highest BCUT2D eigenvalue weighted by Gasteiger charge is 2.28. The lowest BCUT2D eigenvalue weighted by molar-refractivity contribution is -0.118. The number of anilines is 1. The summed E-state index contributed by atoms with van der Waals surface area (Å²) in [5, 5.41) is 0. The molecule has 6 nitrogen and oxygen atoms in total. The second kappa shape index (κ2) is 8.16. The summed E-state index contributed by atoms with van der Waals surface area (Å²) in [5.74, 6) is 0.657. The first kappa shape index (κ1) is 19.9. The van der Waals surface area contributed by atoms with Crippen molar-refractivity contribution in [2.45, 2.75) is 37.0 Å². The van der Waals surface area contributed by atoms with Crippen LogP contribution in [-0.4, -0.2) is 45.4 Å². The van der Waals surface area contributed by atoms with Gasteiger partial charge in [0.15, 0.2) is 0 Å². The molecule has 2 aliphatic rings. The van der Waals surface area contributed by atoms with Gasteiger partial charge in [0.1, 0.15) is 5.75 Å². The van der Waals surface area contributed by atoms with Crippen molar-refractivity contribution in [2.24, 2.45) is 0 Å². The Kier molecular flexibility index (Phi) is 5.61. The molecule has 1 amide bonds. The molecule has 0 bridgehead atoms. The number of ether oxygens (including phenoxy) is 1. The fraction of sp³-hybridized carbons (Fsp3) is 0.409. The van der Waals surface area contributed by atoms with Crippen molar-refractivity contribution in [2.75, 3.05) is 31.6 Å². The molecule has 0 spiro atoms. The average Bonchev–Trinajstić information content (AvgIpc) is 3.42. The van der Waals surface area contributed by atoms with Crippen LogP contribution in [0.3, 0.4) is 0 Å². The fourth-order valence-corrected chi connectivity index (χ4v) is 5.73. The van der Waals surface area contributed by atoms with Crippen LogP contribution in [-0.2, 0) is 27.7 Å². The standard InChI is InChI=1S/C22H26N2O4S/c1-28-21-10-9-19(29(26,27)23-13-4-5-14-23)16-18(21)8-11-22(25)24-15-12-17-6-2-3-7-20(17)24/h2-3,6-7,9-10,16H,4-5,8,11-15H2,1H3. The maximum atomic E-state index is 12.9. The molecule has 2 aromatic carbocycles. The number of methoxy groups -OCH3 is 1. The molecule has 2 aliphatic heterocycles. The maximum Gasteiger partial charge on any atom is 0.243 e. The number of carbonyl (C=O) groups is 1. The molecule has 1 saturated heterocycles. The zero-order valence-corrected chi connectivity index (χ0v) is 17.5. The molecule has 0 N–H and O–H groups in total. The van der Waals surface area contributed by atoms with Gasteiger partial charge in [-0.15, -0.1) is 0 Å². The number of rotatable bonds is 6. The molecular weight excluding hydrogens is 388 g/mol. The first-order valence-corrected chi connectivity index (χ1v) is 11.5. The highest BCUT2D eigenvalue weighted by atomic mass is 32.2. The smallest absolute Gasteiger partial charge is 0.243 e. The van der Waals surface area contributed by atoms with E-state index in [1.807, 2.05) is 23.1 Å². The lowest BCUT2D eigenvalue weighted by Gasteiger charge is -2.19. The van der Waals surface area contributed by atoms with Gasteiger partial charge in [0, 0.05) is 31.7 Å². The molecule has 0 unspecified atom stereocenters. The van der Waals surface area contributed by atoms with Gasteiger partial charge in [0.05, 0.1) is 12.0 Å². The number of nitrogens with zero attached hydrogens (tertiary/aromatic N) is 2. The van der Waals surface area contributed by atoms with E-state index in [0.29, 0.717) is 38.2 Å². The Hall–Kier alpha value is -2.38.